The molecule has 2 N–H and O–H groups in total. The third-order valence-corrected chi connectivity index (χ3v) is 14.6. The number of carbonyl (C=O) groups is 9. The fourth-order valence-corrected chi connectivity index (χ4v) is 9.61. The van der Waals surface area contributed by atoms with Crippen LogP contribution in [0.1, 0.15) is 81.2 Å². The monoisotopic (exact) mass is 1150 g/mol. The summed E-state index contributed by atoms with van der Waals surface area (Å²) in [7, 11) is 7.34. The third kappa shape index (κ3) is 17.9. The minimum absolute atomic E-state index is 0.00955. The molecular formula is C62H75FN6O14. The van der Waals surface area contributed by atoms with Crippen molar-refractivity contribution in [3.63, 3.8) is 0 Å². The average molecular weight is 1150 g/mol. The quantitative estimate of drug-likeness (QED) is 0.163. The fourth-order valence-electron chi connectivity index (χ4n) is 9.61. The van der Waals surface area contributed by atoms with Gasteiger partial charge < -0.3 is 53.9 Å². The number of amides is 6. The van der Waals surface area contributed by atoms with Gasteiger partial charge in [0.05, 0.1) is 26.2 Å². The molecule has 0 spiro atoms. The molecule has 4 aromatic carbocycles. The third-order valence-electron chi connectivity index (χ3n) is 14.6. The number of Topliss-reactive ketones (excluding diaryl/α,β-unsaturated/α-hetero) is 1. The molecule has 2 heterocycles. The van der Waals surface area contributed by atoms with Crippen LogP contribution in [0.15, 0.2) is 109 Å². The average Bonchev–Trinajstić information content (AvgIpc) is 3.52. The summed E-state index contributed by atoms with van der Waals surface area (Å²) in [5.41, 5.74) is 1.01. The number of hydrogen-bond donors (Lipinski definition) is 2. The molecule has 5 atom stereocenters. The summed E-state index contributed by atoms with van der Waals surface area (Å²) in [4.78, 5) is 130. The Hall–Kier alpha value is -8.62. The maximum Gasteiger partial charge on any atom is 0.330 e. The Morgan fingerprint density at radius 2 is 1.42 bits per heavy atom. The molecule has 2 aliphatic rings. The summed E-state index contributed by atoms with van der Waals surface area (Å²) in [5, 5.41) is 5.46. The normalized spacial score (nSPS) is 21.8. The lowest BCUT2D eigenvalue weighted by atomic mass is 9.87. The Balaban J connectivity index is 1.28. The van der Waals surface area contributed by atoms with Gasteiger partial charge in [0, 0.05) is 53.2 Å². The highest BCUT2D eigenvalue weighted by molar-refractivity contribution is 6.38. The number of ether oxygens (including phenoxy) is 5. The number of fused-ring (bicyclic) bond motifs is 3. The largest absolute Gasteiger partial charge is 0.493 e. The van der Waals surface area contributed by atoms with Gasteiger partial charge in [-0.05, 0) is 118 Å². The molecule has 6 rings (SSSR count). The smallest absolute Gasteiger partial charge is 0.330 e. The van der Waals surface area contributed by atoms with Crippen LogP contribution in [0.4, 0.5) is 4.39 Å². The van der Waals surface area contributed by atoms with Gasteiger partial charge in [-0.2, -0.15) is 0 Å². The minimum atomic E-state index is -1.52. The summed E-state index contributed by atoms with van der Waals surface area (Å²) in [6, 6.07) is 21.6. The molecule has 1 fully saturated rings. The van der Waals surface area contributed by atoms with Crippen molar-refractivity contribution in [2.45, 2.75) is 102 Å². The van der Waals surface area contributed by atoms with Crippen molar-refractivity contribution in [2.24, 2.45) is 5.41 Å². The highest BCUT2D eigenvalue weighted by Crippen LogP contribution is 2.33. The first-order valence-corrected chi connectivity index (χ1v) is 27.6. The van der Waals surface area contributed by atoms with Gasteiger partial charge in [-0.15, -0.1) is 0 Å². The Morgan fingerprint density at radius 3 is 2.13 bits per heavy atom. The summed E-state index contributed by atoms with van der Waals surface area (Å²) >= 11 is 0. The van der Waals surface area contributed by atoms with Crippen molar-refractivity contribution in [1.82, 2.24) is 30.2 Å². The summed E-state index contributed by atoms with van der Waals surface area (Å²) in [6.07, 6.45) is 3.66. The zero-order valence-corrected chi connectivity index (χ0v) is 48.4. The van der Waals surface area contributed by atoms with Crippen molar-refractivity contribution >= 4 is 53.2 Å². The van der Waals surface area contributed by atoms with Crippen molar-refractivity contribution in [3.05, 3.63) is 137 Å². The van der Waals surface area contributed by atoms with E-state index in [4.69, 9.17) is 23.7 Å². The summed E-state index contributed by atoms with van der Waals surface area (Å²) in [5.74, 6) is -5.83. The molecule has 0 aromatic heterocycles. The number of nitrogens with one attached hydrogen (secondary N) is 2. The van der Waals surface area contributed by atoms with Crippen LogP contribution in [0.5, 0.6) is 17.2 Å². The molecule has 444 valence electrons. The van der Waals surface area contributed by atoms with Crippen LogP contribution in [0.2, 0.25) is 0 Å². The van der Waals surface area contributed by atoms with E-state index in [0.717, 1.165) is 16.5 Å². The Morgan fingerprint density at radius 1 is 0.723 bits per heavy atom. The molecule has 0 radical (unpaired) electrons. The number of cyclic esters (lactones) is 2. The van der Waals surface area contributed by atoms with E-state index in [2.05, 4.69) is 10.6 Å². The van der Waals surface area contributed by atoms with Crippen molar-refractivity contribution in [3.8, 4) is 17.2 Å². The van der Waals surface area contributed by atoms with Crippen LogP contribution in [0.3, 0.4) is 0 Å². The van der Waals surface area contributed by atoms with Crippen LogP contribution in [0.25, 0.3) is 0 Å². The van der Waals surface area contributed by atoms with Crippen molar-refractivity contribution in [2.75, 3.05) is 68.2 Å². The molecule has 2 bridgehead atoms. The lowest BCUT2D eigenvalue weighted by Gasteiger charge is -2.36. The first kappa shape index (κ1) is 63.6. The predicted molar refractivity (Wildman–Crippen MR) is 303 cm³/mol. The minimum Gasteiger partial charge on any atom is -0.493 e. The first-order valence-electron chi connectivity index (χ1n) is 27.6. The Kier molecular flexibility index (Phi) is 22.9. The molecule has 4 aromatic rings. The SMILES string of the molecule is COc1ccc(CC[C@H]2OC(=O)[C@@H]3CCCCN3C(=O)C(=O)C(C)(C)COC(=O)C=CCCN(C)C(=O)[C@H](Cc3ccc(F)cc3)NC(=O)[C@H](Cc3ccccc3)N(C)C(=O)[C@@H](C)NC(=O)CN(C)C(=O)COc3cccc2c3)cc1OC. The van der Waals surface area contributed by atoms with E-state index in [1.54, 1.807) is 66.7 Å². The zero-order valence-electron chi connectivity index (χ0n) is 48.4. The molecule has 83 heavy (non-hydrogen) atoms. The number of carbonyl (C=O) groups excluding carboxylic acids is 9. The number of hydrogen-bond acceptors (Lipinski definition) is 14. The number of methoxy groups -OCH3 is 2. The number of aryl methyl sites for hydroxylation is 1. The molecule has 21 heteroatoms. The topological polar surface area (TPSA) is 237 Å². The maximum absolute atomic E-state index is 14.5. The van der Waals surface area contributed by atoms with E-state index in [-0.39, 0.29) is 50.9 Å². The summed E-state index contributed by atoms with van der Waals surface area (Å²) in [6.45, 7) is 3.03. The van der Waals surface area contributed by atoms with Crippen LogP contribution >= 0.6 is 0 Å². The van der Waals surface area contributed by atoms with Gasteiger partial charge in [0.1, 0.15) is 48.4 Å². The molecule has 20 nitrogen and oxygen atoms in total. The van der Waals surface area contributed by atoms with Gasteiger partial charge in [0.2, 0.25) is 29.4 Å². The van der Waals surface area contributed by atoms with E-state index in [1.165, 1.54) is 101 Å². The highest BCUT2D eigenvalue weighted by atomic mass is 19.1. The van der Waals surface area contributed by atoms with Crippen molar-refractivity contribution < 1.29 is 71.2 Å². The number of esters is 2. The van der Waals surface area contributed by atoms with E-state index in [0.29, 0.717) is 47.5 Å². The first-order chi connectivity index (χ1) is 39.6. The maximum atomic E-state index is 14.5. The number of piperidine rings is 1. The summed E-state index contributed by atoms with van der Waals surface area (Å²) < 4.78 is 42.7. The van der Waals surface area contributed by atoms with E-state index in [9.17, 15) is 47.5 Å². The number of rotatable bonds is 9. The van der Waals surface area contributed by atoms with Crippen LogP contribution in [0, 0.1) is 11.2 Å². The van der Waals surface area contributed by atoms with Gasteiger partial charge in [-0.25, -0.2) is 14.0 Å². The van der Waals surface area contributed by atoms with Gasteiger partial charge in [0.25, 0.3) is 11.8 Å². The van der Waals surface area contributed by atoms with E-state index >= 15 is 0 Å². The zero-order chi connectivity index (χ0) is 60.4. The highest BCUT2D eigenvalue weighted by Gasteiger charge is 2.43. The fraction of sp³-hybridized carbons (Fsp3) is 0.435. The van der Waals surface area contributed by atoms with Gasteiger partial charge in [-0.1, -0.05) is 66.7 Å². The second-order valence-corrected chi connectivity index (χ2v) is 21.4. The van der Waals surface area contributed by atoms with Gasteiger partial charge in [0.15, 0.2) is 18.1 Å². The molecule has 1 saturated heterocycles. The number of ketones is 1. The van der Waals surface area contributed by atoms with Gasteiger partial charge in [-0.3, -0.25) is 33.6 Å². The predicted octanol–water partition coefficient (Wildman–Crippen LogP) is 5.14. The van der Waals surface area contributed by atoms with Gasteiger partial charge >= 0.3 is 11.9 Å². The molecule has 0 aliphatic carbocycles. The molecular weight excluding hydrogens is 1070 g/mol. The Labute approximate surface area is 483 Å². The second-order valence-electron chi connectivity index (χ2n) is 21.4. The van der Waals surface area contributed by atoms with Crippen molar-refractivity contribution in [1.29, 1.82) is 0 Å². The number of likely N-dealkylation sites (N-methyl/N-ethyl adjacent to an activating group) is 3. The number of nitrogens with zero attached hydrogens (tertiary/aromatic N) is 4. The van der Waals surface area contributed by atoms with Crippen LogP contribution in [-0.2, 0) is 71.9 Å². The second kappa shape index (κ2) is 29.9. The van der Waals surface area contributed by atoms with E-state index in [1.807, 2.05) is 6.07 Å². The molecule has 6 amide bonds. The van der Waals surface area contributed by atoms with Crippen LogP contribution in [-0.4, -0.2) is 165 Å². The molecule has 0 unspecified atom stereocenters. The lowest BCUT2D eigenvalue weighted by molar-refractivity contribution is -0.165. The Bertz CT molecular complexity index is 2990. The number of benzene rings is 4. The van der Waals surface area contributed by atoms with E-state index < -0.39 is 114 Å². The lowest BCUT2D eigenvalue weighted by Crippen LogP contribution is -2.58. The van der Waals surface area contributed by atoms with Crippen LogP contribution < -0.4 is 24.8 Å². The number of halogens is 1. The standard InChI is InChI=1S/C62H75FN6O14/c1-40-58(75)68(6)49(34-41-17-10-9-11-18-41)57(74)65-47(33-42-23-27-45(63)28-24-42)59(76)66(4)31-14-13-22-55(72)82-39-62(2,3)56(73)60(77)69-32-15-12-21-48(69)61(78)83-50(29-25-43-26-30-51(79-7)52(35-43)80-8)44-19-16-20-46(36-44)81-38-54(71)67(5)37-53(70)64-40/h9-11,13,16-20,22-24,26-28,30,35-36,40,47-50H,12,14-15,21,25,29,31-34,37-39H2,1-8H3,(H,64,70)(H,65,74)/t40-,47+,48+,49+,50-/m1/s1. The molecule has 0 saturated carbocycles. The molecule has 2 aliphatic heterocycles.